The van der Waals surface area contributed by atoms with Crippen molar-refractivity contribution in [3.8, 4) is 5.75 Å². The van der Waals surface area contributed by atoms with Gasteiger partial charge in [-0.05, 0) is 17.7 Å². The van der Waals surface area contributed by atoms with Crippen molar-refractivity contribution in [1.82, 2.24) is 0 Å². The van der Waals surface area contributed by atoms with Crippen molar-refractivity contribution in [2.24, 2.45) is 0 Å². The van der Waals surface area contributed by atoms with E-state index in [1.165, 1.54) is 0 Å². The van der Waals surface area contributed by atoms with Crippen LogP contribution in [-0.2, 0) is 6.42 Å². The topological polar surface area (TPSA) is 59.9 Å². The molecule has 0 spiro atoms. The molecule has 3 heteroatoms. The minimum atomic E-state index is 0.264. The smallest absolute Gasteiger partial charge is 0.115 e. The van der Waals surface area contributed by atoms with Crippen LogP contribution in [0, 0.1) is 5.21 Å². The van der Waals surface area contributed by atoms with Crippen molar-refractivity contribution in [2.75, 3.05) is 6.54 Å². The average molecular weight is 153 g/mol. The standard InChI is InChI=1S/C8H11NO2/c10-8-3-1-7(2-4-8)5-6-9-11/h1-4,10H,5-6,9H2. The molecule has 0 heterocycles. The summed E-state index contributed by atoms with van der Waals surface area (Å²) in [4.78, 5) is 0. The molecule has 1 rings (SSSR count). The predicted octanol–water partition coefficient (Wildman–Crippen LogP) is -0.00410. The molecule has 1 aromatic carbocycles. The van der Waals surface area contributed by atoms with Crippen molar-refractivity contribution in [3.05, 3.63) is 35.0 Å². The molecule has 0 aromatic heterocycles. The minimum Gasteiger partial charge on any atom is -0.636 e. The second-order valence-electron chi connectivity index (χ2n) is 2.37. The van der Waals surface area contributed by atoms with Crippen LogP contribution < -0.4 is 5.48 Å². The Labute approximate surface area is 65.3 Å². The van der Waals surface area contributed by atoms with Crippen molar-refractivity contribution in [2.45, 2.75) is 6.42 Å². The molecule has 0 aliphatic heterocycles. The second kappa shape index (κ2) is 3.95. The van der Waals surface area contributed by atoms with Crippen LogP contribution in [0.2, 0.25) is 0 Å². The highest BCUT2D eigenvalue weighted by Crippen LogP contribution is 2.08. The van der Waals surface area contributed by atoms with Crippen molar-refractivity contribution < 1.29 is 10.6 Å². The van der Waals surface area contributed by atoms with E-state index in [1.807, 2.05) is 12.1 Å². The van der Waals surface area contributed by atoms with Gasteiger partial charge in [0.05, 0.1) is 6.54 Å². The Kier molecular flexibility index (Phi) is 2.89. The normalized spacial score (nSPS) is 9.91. The Hall–Kier alpha value is -1.06. The van der Waals surface area contributed by atoms with Gasteiger partial charge in [-0.3, -0.25) is 0 Å². The lowest BCUT2D eigenvalue weighted by molar-refractivity contribution is -0.588. The van der Waals surface area contributed by atoms with Gasteiger partial charge >= 0.3 is 0 Å². The summed E-state index contributed by atoms with van der Waals surface area (Å²) in [7, 11) is 0. The number of nitrogens with two attached hydrogens (primary N) is 1. The minimum absolute atomic E-state index is 0.264. The Morgan fingerprint density at radius 3 is 2.45 bits per heavy atom. The molecule has 0 radical (unpaired) electrons. The molecule has 3 nitrogen and oxygen atoms in total. The summed E-state index contributed by atoms with van der Waals surface area (Å²) in [6.07, 6.45) is 0.754. The first-order chi connectivity index (χ1) is 5.33. The monoisotopic (exact) mass is 153 g/mol. The predicted molar refractivity (Wildman–Crippen MR) is 42.0 cm³/mol. The average Bonchev–Trinajstić information content (AvgIpc) is 2.04. The first kappa shape index (κ1) is 8.04. The molecule has 1 aromatic rings. The Morgan fingerprint density at radius 1 is 1.27 bits per heavy atom. The van der Waals surface area contributed by atoms with E-state index in [0.29, 0.717) is 6.54 Å². The molecule has 3 N–H and O–H groups in total. The maximum Gasteiger partial charge on any atom is 0.115 e. The second-order valence-corrected chi connectivity index (χ2v) is 2.37. The lowest BCUT2D eigenvalue weighted by Gasteiger charge is -2.01. The van der Waals surface area contributed by atoms with Crippen LogP contribution >= 0.6 is 0 Å². The fraction of sp³-hybridized carbons (Fsp3) is 0.250. The van der Waals surface area contributed by atoms with Gasteiger partial charge in [-0.25, -0.2) is 0 Å². The summed E-state index contributed by atoms with van der Waals surface area (Å²) in [5, 5.41) is 18.9. The quantitative estimate of drug-likeness (QED) is 0.600. The van der Waals surface area contributed by atoms with Gasteiger partial charge in [-0.15, -0.1) is 0 Å². The zero-order chi connectivity index (χ0) is 8.10. The Balaban J connectivity index is 2.52. The number of aromatic hydroxyl groups is 1. The van der Waals surface area contributed by atoms with Crippen LogP contribution in [0.1, 0.15) is 5.56 Å². The van der Waals surface area contributed by atoms with Crippen molar-refractivity contribution >= 4 is 0 Å². The van der Waals surface area contributed by atoms with Gasteiger partial charge in [-0.2, -0.15) is 0 Å². The number of hydrogen-bond donors (Lipinski definition) is 2. The fourth-order valence-corrected chi connectivity index (χ4v) is 0.888. The molecule has 0 atom stereocenters. The fourth-order valence-electron chi connectivity index (χ4n) is 0.888. The molecule has 0 saturated carbocycles. The van der Waals surface area contributed by atoms with Gasteiger partial charge in [0.25, 0.3) is 0 Å². The van der Waals surface area contributed by atoms with Gasteiger partial charge < -0.3 is 15.8 Å². The number of rotatable bonds is 3. The SMILES string of the molecule is [O-][NH2+]CCc1ccc(O)cc1. The van der Waals surface area contributed by atoms with E-state index < -0.39 is 0 Å². The molecule has 0 bridgehead atoms. The van der Waals surface area contributed by atoms with Crippen molar-refractivity contribution in [3.63, 3.8) is 0 Å². The van der Waals surface area contributed by atoms with Gasteiger partial charge in [0.15, 0.2) is 0 Å². The number of phenols is 1. The molecule has 11 heavy (non-hydrogen) atoms. The van der Waals surface area contributed by atoms with E-state index >= 15 is 0 Å². The lowest BCUT2D eigenvalue weighted by atomic mass is 10.1. The third-order valence-corrected chi connectivity index (χ3v) is 1.49. The molecule has 0 saturated heterocycles. The first-order valence-corrected chi connectivity index (χ1v) is 3.54. The highest BCUT2D eigenvalue weighted by atomic mass is 16.5. The van der Waals surface area contributed by atoms with Gasteiger partial charge in [0, 0.05) is 6.42 Å². The summed E-state index contributed by atoms with van der Waals surface area (Å²) in [5.41, 5.74) is 1.97. The summed E-state index contributed by atoms with van der Waals surface area (Å²) in [6, 6.07) is 6.89. The molecule has 0 aliphatic rings. The third-order valence-electron chi connectivity index (χ3n) is 1.49. The number of hydroxylamine groups is 1. The molecule has 0 aliphatic carbocycles. The molecular weight excluding hydrogens is 142 g/mol. The van der Waals surface area contributed by atoms with Crippen LogP contribution in [0.5, 0.6) is 5.75 Å². The van der Waals surface area contributed by atoms with Crippen LogP contribution in [0.15, 0.2) is 24.3 Å². The Morgan fingerprint density at radius 2 is 1.91 bits per heavy atom. The zero-order valence-corrected chi connectivity index (χ0v) is 6.16. The third kappa shape index (κ3) is 2.57. The largest absolute Gasteiger partial charge is 0.636 e. The van der Waals surface area contributed by atoms with Crippen molar-refractivity contribution in [1.29, 1.82) is 0 Å². The lowest BCUT2D eigenvalue weighted by Crippen LogP contribution is -2.77. The highest BCUT2D eigenvalue weighted by Gasteiger charge is 1.91. The summed E-state index contributed by atoms with van der Waals surface area (Å²) in [5.74, 6) is 0.264. The van der Waals surface area contributed by atoms with Crippen LogP contribution in [0.4, 0.5) is 0 Å². The molecule has 0 fully saturated rings. The highest BCUT2D eigenvalue weighted by molar-refractivity contribution is 5.25. The zero-order valence-electron chi connectivity index (χ0n) is 6.16. The van der Waals surface area contributed by atoms with Gasteiger partial charge in [0.1, 0.15) is 5.75 Å². The van der Waals surface area contributed by atoms with Crippen LogP contribution in [-0.4, -0.2) is 11.7 Å². The first-order valence-electron chi connectivity index (χ1n) is 3.54. The Bertz CT molecular complexity index is 208. The molecule has 60 valence electrons. The van der Waals surface area contributed by atoms with E-state index in [9.17, 15) is 5.21 Å². The van der Waals surface area contributed by atoms with Crippen LogP contribution in [0.3, 0.4) is 0 Å². The molecular formula is C8H11NO2. The van der Waals surface area contributed by atoms with E-state index in [2.05, 4.69) is 0 Å². The van der Waals surface area contributed by atoms with Gasteiger partial charge in [-0.1, -0.05) is 12.1 Å². The maximum absolute atomic E-state index is 10.00. The number of hydrogen-bond acceptors (Lipinski definition) is 2. The number of phenolic OH excluding ortho intramolecular Hbond substituents is 1. The number of benzene rings is 1. The van der Waals surface area contributed by atoms with E-state index in [0.717, 1.165) is 17.5 Å². The van der Waals surface area contributed by atoms with E-state index in [4.69, 9.17) is 5.11 Å². The maximum atomic E-state index is 10.00. The van der Waals surface area contributed by atoms with E-state index in [1.54, 1.807) is 12.1 Å². The summed E-state index contributed by atoms with van der Waals surface area (Å²) in [6.45, 7) is 0.546. The molecule has 0 unspecified atom stereocenters. The summed E-state index contributed by atoms with van der Waals surface area (Å²) < 4.78 is 0. The number of quaternary nitrogens is 1. The summed E-state index contributed by atoms with van der Waals surface area (Å²) >= 11 is 0. The molecule has 0 amide bonds. The van der Waals surface area contributed by atoms with Gasteiger partial charge in [0.2, 0.25) is 0 Å². The van der Waals surface area contributed by atoms with Crippen LogP contribution in [0.25, 0.3) is 0 Å². The van der Waals surface area contributed by atoms with E-state index in [-0.39, 0.29) is 5.75 Å².